The lowest BCUT2D eigenvalue weighted by molar-refractivity contribution is 0.252. The molecule has 0 spiro atoms. The van der Waals surface area contributed by atoms with E-state index in [2.05, 4.69) is 62.9 Å². The molecule has 1 heteroatoms. The summed E-state index contributed by atoms with van der Waals surface area (Å²) < 4.78 is 0. The first-order chi connectivity index (χ1) is 15.6. The summed E-state index contributed by atoms with van der Waals surface area (Å²) in [6, 6.07) is 11.1. The van der Waals surface area contributed by atoms with Crippen LogP contribution in [-0.2, 0) is 6.54 Å². The summed E-state index contributed by atoms with van der Waals surface area (Å²) in [5, 5.41) is 0. The molecule has 0 radical (unpaired) electrons. The standard InChI is InChI=1S/C31H57N/c1-29(2)22-16-11-7-5-9-13-20-26-32(28-31-24-18-15-19-25-31)27-21-14-10-6-8-12-17-23-30(3)4/h15,18-19,24-25,29-30H,5-14,16-17,20-23,26-28H2,1-4H3. The minimum Gasteiger partial charge on any atom is -0.299 e. The average Bonchev–Trinajstić information content (AvgIpc) is 2.76. The average molecular weight is 444 g/mol. The predicted molar refractivity (Wildman–Crippen MR) is 145 cm³/mol. The molecule has 1 aromatic rings. The second-order valence-corrected chi connectivity index (χ2v) is 11.1. The van der Waals surface area contributed by atoms with Crippen molar-refractivity contribution in [3.8, 4) is 0 Å². The van der Waals surface area contributed by atoms with Gasteiger partial charge in [-0.1, -0.05) is 148 Å². The molecule has 0 saturated heterocycles. The van der Waals surface area contributed by atoms with E-state index in [0.29, 0.717) is 0 Å². The fourth-order valence-electron chi connectivity index (χ4n) is 4.66. The van der Waals surface area contributed by atoms with Crippen LogP contribution in [0.25, 0.3) is 0 Å². The molecule has 0 bridgehead atoms. The Kier molecular flexibility index (Phi) is 19.0. The lowest BCUT2D eigenvalue weighted by Crippen LogP contribution is -2.25. The maximum Gasteiger partial charge on any atom is 0.0233 e. The van der Waals surface area contributed by atoms with Crippen molar-refractivity contribution in [2.24, 2.45) is 11.8 Å². The van der Waals surface area contributed by atoms with Gasteiger partial charge in [-0.3, -0.25) is 4.90 Å². The van der Waals surface area contributed by atoms with Crippen molar-refractivity contribution >= 4 is 0 Å². The van der Waals surface area contributed by atoms with E-state index in [9.17, 15) is 0 Å². The molecule has 32 heavy (non-hydrogen) atoms. The lowest BCUT2D eigenvalue weighted by atomic mass is 10.0. The Morgan fingerprint density at radius 2 is 0.875 bits per heavy atom. The van der Waals surface area contributed by atoms with Gasteiger partial charge in [-0.2, -0.15) is 0 Å². The van der Waals surface area contributed by atoms with E-state index in [1.807, 2.05) is 0 Å². The van der Waals surface area contributed by atoms with Crippen molar-refractivity contribution < 1.29 is 0 Å². The molecule has 0 N–H and O–H groups in total. The third kappa shape index (κ3) is 18.7. The minimum absolute atomic E-state index is 0.875. The highest BCUT2D eigenvalue weighted by Crippen LogP contribution is 2.15. The molecule has 0 aliphatic carbocycles. The van der Waals surface area contributed by atoms with E-state index < -0.39 is 0 Å². The Morgan fingerprint density at radius 1 is 0.500 bits per heavy atom. The fraction of sp³-hybridized carbons (Fsp3) is 0.806. The fourth-order valence-corrected chi connectivity index (χ4v) is 4.66. The van der Waals surface area contributed by atoms with E-state index in [1.165, 1.54) is 121 Å². The van der Waals surface area contributed by atoms with Crippen molar-refractivity contribution in [3.05, 3.63) is 35.9 Å². The van der Waals surface area contributed by atoms with Gasteiger partial charge in [0.1, 0.15) is 0 Å². The van der Waals surface area contributed by atoms with Gasteiger partial charge in [0.15, 0.2) is 0 Å². The van der Waals surface area contributed by atoms with Crippen molar-refractivity contribution in [3.63, 3.8) is 0 Å². The first-order valence-corrected chi connectivity index (χ1v) is 14.3. The second-order valence-electron chi connectivity index (χ2n) is 11.1. The number of nitrogens with zero attached hydrogens (tertiary/aromatic N) is 1. The summed E-state index contributed by atoms with van der Waals surface area (Å²) >= 11 is 0. The zero-order valence-electron chi connectivity index (χ0n) is 22.4. The SMILES string of the molecule is CC(C)CCCCCCCCCN(CCCCCCCCCC(C)C)Cc1ccccc1. The molecule has 1 rings (SSSR count). The van der Waals surface area contributed by atoms with Crippen LogP contribution < -0.4 is 0 Å². The summed E-state index contributed by atoms with van der Waals surface area (Å²) in [4.78, 5) is 2.72. The van der Waals surface area contributed by atoms with Crippen LogP contribution in [0.3, 0.4) is 0 Å². The number of rotatable bonds is 22. The normalized spacial score (nSPS) is 11.8. The van der Waals surface area contributed by atoms with E-state index in [-0.39, 0.29) is 0 Å². The first-order valence-electron chi connectivity index (χ1n) is 14.3. The van der Waals surface area contributed by atoms with Gasteiger partial charge in [0.25, 0.3) is 0 Å². The van der Waals surface area contributed by atoms with Crippen LogP contribution in [-0.4, -0.2) is 18.0 Å². The summed E-state index contributed by atoms with van der Waals surface area (Å²) in [5.41, 5.74) is 1.47. The minimum atomic E-state index is 0.875. The van der Waals surface area contributed by atoms with Crippen LogP contribution >= 0.6 is 0 Å². The Hall–Kier alpha value is -0.820. The molecular weight excluding hydrogens is 386 g/mol. The molecule has 0 aromatic heterocycles. The zero-order valence-corrected chi connectivity index (χ0v) is 22.4. The van der Waals surface area contributed by atoms with Gasteiger partial charge in [0, 0.05) is 6.54 Å². The number of hydrogen-bond acceptors (Lipinski definition) is 1. The van der Waals surface area contributed by atoms with Crippen LogP contribution in [0.1, 0.15) is 136 Å². The molecule has 186 valence electrons. The summed E-state index contributed by atoms with van der Waals surface area (Å²) in [5.74, 6) is 1.75. The molecule has 1 aromatic carbocycles. The molecule has 0 saturated carbocycles. The highest BCUT2D eigenvalue weighted by Gasteiger charge is 2.06. The predicted octanol–water partition coefficient (Wildman–Crippen LogP) is 10.0. The molecule has 0 aliphatic rings. The number of benzene rings is 1. The third-order valence-electron chi connectivity index (χ3n) is 6.76. The molecule has 0 amide bonds. The van der Waals surface area contributed by atoms with Crippen molar-refractivity contribution in [2.45, 2.75) is 137 Å². The topological polar surface area (TPSA) is 3.24 Å². The van der Waals surface area contributed by atoms with Crippen molar-refractivity contribution in [1.29, 1.82) is 0 Å². The number of hydrogen-bond donors (Lipinski definition) is 0. The maximum absolute atomic E-state index is 2.72. The summed E-state index contributed by atoms with van der Waals surface area (Å²) in [7, 11) is 0. The smallest absolute Gasteiger partial charge is 0.0233 e. The van der Waals surface area contributed by atoms with E-state index in [0.717, 1.165) is 18.4 Å². The Bertz CT molecular complexity index is 466. The molecule has 0 unspecified atom stereocenters. The van der Waals surface area contributed by atoms with Crippen LogP contribution in [0.2, 0.25) is 0 Å². The number of unbranched alkanes of at least 4 members (excludes halogenated alkanes) is 12. The van der Waals surface area contributed by atoms with Gasteiger partial charge in [-0.05, 0) is 43.3 Å². The Balaban J connectivity index is 2.13. The molecule has 0 aliphatic heterocycles. The quantitative estimate of drug-likeness (QED) is 0.161. The maximum atomic E-state index is 2.72. The third-order valence-corrected chi connectivity index (χ3v) is 6.76. The van der Waals surface area contributed by atoms with E-state index in [1.54, 1.807) is 0 Å². The Labute approximate surface area is 202 Å². The second kappa shape index (κ2) is 20.8. The molecule has 1 nitrogen and oxygen atoms in total. The van der Waals surface area contributed by atoms with Gasteiger partial charge < -0.3 is 0 Å². The highest BCUT2D eigenvalue weighted by molar-refractivity contribution is 5.14. The van der Waals surface area contributed by atoms with Gasteiger partial charge in [0.2, 0.25) is 0 Å². The van der Waals surface area contributed by atoms with Crippen LogP contribution in [0.4, 0.5) is 0 Å². The van der Waals surface area contributed by atoms with Crippen molar-refractivity contribution in [1.82, 2.24) is 4.90 Å². The molecule has 0 fully saturated rings. The highest BCUT2D eigenvalue weighted by atomic mass is 15.1. The Morgan fingerprint density at radius 3 is 1.28 bits per heavy atom. The van der Waals surface area contributed by atoms with E-state index in [4.69, 9.17) is 0 Å². The summed E-state index contributed by atoms with van der Waals surface area (Å²) in [6.45, 7) is 13.1. The largest absolute Gasteiger partial charge is 0.299 e. The monoisotopic (exact) mass is 443 g/mol. The van der Waals surface area contributed by atoms with Gasteiger partial charge in [0.05, 0.1) is 0 Å². The van der Waals surface area contributed by atoms with Crippen LogP contribution in [0.15, 0.2) is 30.3 Å². The molecule has 0 heterocycles. The molecule has 0 atom stereocenters. The van der Waals surface area contributed by atoms with E-state index >= 15 is 0 Å². The lowest BCUT2D eigenvalue weighted by Gasteiger charge is -2.22. The zero-order chi connectivity index (χ0) is 23.3. The van der Waals surface area contributed by atoms with Gasteiger partial charge in [-0.15, -0.1) is 0 Å². The van der Waals surface area contributed by atoms with Crippen molar-refractivity contribution in [2.75, 3.05) is 13.1 Å². The van der Waals surface area contributed by atoms with Crippen LogP contribution in [0.5, 0.6) is 0 Å². The van der Waals surface area contributed by atoms with Crippen LogP contribution in [0, 0.1) is 11.8 Å². The van der Waals surface area contributed by atoms with Gasteiger partial charge in [-0.25, -0.2) is 0 Å². The van der Waals surface area contributed by atoms with Gasteiger partial charge >= 0.3 is 0 Å². The first kappa shape index (κ1) is 29.2. The summed E-state index contributed by atoms with van der Waals surface area (Å²) in [6.07, 6.45) is 22.7. The molecular formula is C31H57N.